The molecule has 2 N–H and O–H groups in total. The zero-order chi connectivity index (χ0) is 14.8. The summed E-state index contributed by atoms with van der Waals surface area (Å²) < 4.78 is 61.0. The molecule has 19 heavy (non-hydrogen) atoms. The summed E-state index contributed by atoms with van der Waals surface area (Å²) in [5.74, 6) is 0. The number of rotatable bonds is 4. The first-order chi connectivity index (χ1) is 8.54. The fourth-order valence-corrected chi connectivity index (χ4v) is 2.46. The molecule has 0 fully saturated rings. The second-order valence-corrected chi connectivity index (χ2v) is 6.07. The molecule has 1 aromatic rings. The number of nitrogens with one attached hydrogen (secondary N) is 1. The van der Waals surface area contributed by atoms with Gasteiger partial charge in [0.2, 0.25) is 10.0 Å². The quantitative estimate of drug-likeness (QED) is 0.885. The van der Waals surface area contributed by atoms with E-state index in [4.69, 9.17) is 28.3 Å². The number of benzene rings is 1. The summed E-state index contributed by atoms with van der Waals surface area (Å²) in [5, 5.41) is 8.75. The highest BCUT2D eigenvalue weighted by molar-refractivity contribution is 7.89. The van der Waals surface area contributed by atoms with Crippen molar-refractivity contribution in [1.29, 1.82) is 0 Å². The third-order valence-electron chi connectivity index (χ3n) is 2.05. The third kappa shape index (κ3) is 4.50. The molecule has 0 aliphatic rings. The molecule has 0 bridgehead atoms. The van der Waals surface area contributed by atoms with Crippen LogP contribution in [0.5, 0.6) is 0 Å². The van der Waals surface area contributed by atoms with Gasteiger partial charge < -0.3 is 5.11 Å². The van der Waals surface area contributed by atoms with E-state index in [1.54, 1.807) is 4.72 Å². The van der Waals surface area contributed by atoms with E-state index in [1.165, 1.54) is 6.07 Å². The number of sulfonamides is 1. The third-order valence-corrected chi connectivity index (χ3v) is 4.21. The smallest absolute Gasteiger partial charge is 0.382 e. The van der Waals surface area contributed by atoms with Crippen molar-refractivity contribution in [3.05, 3.63) is 28.2 Å². The fourth-order valence-electron chi connectivity index (χ4n) is 1.03. The minimum Gasteiger partial charge on any atom is -0.382 e. The highest BCUT2D eigenvalue weighted by Crippen LogP contribution is 2.25. The summed E-state index contributed by atoms with van der Waals surface area (Å²) in [6.45, 7) is -1.19. The van der Waals surface area contributed by atoms with Crippen LogP contribution in [0, 0.1) is 0 Å². The predicted molar refractivity (Wildman–Crippen MR) is 63.7 cm³/mol. The lowest BCUT2D eigenvalue weighted by atomic mass is 10.4. The standard InChI is InChI=1S/C9H8Cl2F3NO3S/c10-6-2-1-5(3-7(6)11)19(17,18)15-4-8(16)9(12,13)14/h1-3,8,15-16H,4H2. The second-order valence-electron chi connectivity index (χ2n) is 3.49. The van der Waals surface area contributed by atoms with Gasteiger partial charge in [0.25, 0.3) is 0 Å². The average Bonchev–Trinajstić information content (AvgIpc) is 2.28. The molecule has 10 heteroatoms. The number of halogens is 5. The highest BCUT2D eigenvalue weighted by Gasteiger charge is 2.38. The maximum Gasteiger partial charge on any atom is 0.415 e. The minimum atomic E-state index is -4.90. The Bertz CT molecular complexity index is 562. The van der Waals surface area contributed by atoms with Crippen LogP contribution in [0.3, 0.4) is 0 Å². The molecule has 0 radical (unpaired) electrons. The zero-order valence-corrected chi connectivity index (χ0v) is 11.4. The van der Waals surface area contributed by atoms with Crippen molar-refractivity contribution in [2.45, 2.75) is 17.2 Å². The van der Waals surface area contributed by atoms with Gasteiger partial charge in [-0.1, -0.05) is 23.2 Å². The molecule has 4 nitrogen and oxygen atoms in total. The van der Waals surface area contributed by atoms with Crippen LogP contribution in [0.4, 0.5) is 13.2 Å². The van der Waals surface area contributed by atoms with Gasteiger partial charge in [-0.25, -0.2) is 13.1 Å². The van der Waals surface area contributed by atoms with Crippen LogP contribution in [0.1, 0.15) is 0 Å². The molecule has 0 saturated carbocycles. The van der Waals surface area contributed by atoms with Gasteiger partial charge in [-0.3, -0.25) is 0 Å². The van der Waals surface area contributed by atoms with Crippen molar-refractivity contribution in [2.24, 2.45) is 0 Å². The number of hydrogen-bond acceptors (Lipinski definition) is 3. The second kappa shape index (κ2) is 5.84. The van der Waals surface area contributed by atoms with Crippen LogP contribution in [-0.4, -0.2) is 32.3 Å². The molecule has 0 heterocycles. The van der Waals surface area contributed by atoms with Crippen LogP contribution < -0.4 is 4.72 Å². The molecular weight excluding hydrogens is 330 g/mol. The molecule has 1 unspecified atom stereocenters. The SMILES string of the molecule is O=S(=O)(NCC(O)C(F)(F)F)c1ccc(Cl)c(Cl)c1. The van der Waals surface area contributed by atoms with Crippen molar-refractivity contribution >= 4 is 33.2 Å². The highest BCUT2D eigenvalue weighted by atomic mass is 35.5. The maximum absolute atomic E-state index is 12.0. The van der Waals surface area contributed by atoms with Crippen molar-refractivity contribution in [3.8, 4) is 0 Å². The van der Waals surface area contributed by atoms with E-state index in [9.17, 15) is 21.6 Å². The van der Waals surface area contributed by atoms with Gasteiger partial charge in [-0.2, -0.15) is 13.2 Å². The van der Waals surface area contributed by atoms with E-state index in [0.717, 1.165) is 12.1 Å². The Morgan fingerprint density at radius 2 is 1.84 bits per heavy atom. The van der Waals surface area contributed by atoms with Crippen LogP contribution in [-0.2, 0) is 10.0 Å². The molecule has 0 saturated heterocycles. The van der Waals surface area contributed by atoms with Crippen LogP contribution in [0.15, 0.2) is 23.1 Å². The first kappa shape index (κ1) is 16.5. The summed E-state index contributed by atoms with van der Waals surface area (Å²) in [7, 11) is -4.21. The van der Waals surface area contributed by atoms with Gasteiger partial charge in [-0.05, 0) is 18.2 Å². The summed E-state index contributed by atoms with van der Waals surface area (Å²) in [6, 6.07) is 3.27. The molecule has 0 aromatic heterocycles. The Balaban J connectivity index is 2.85. The van der Waals surface area contributed by atoms with Crippen molar-refractivity contribution in [2.75, 3.05) is 6.54 Å². The van der Waals surface area contributed by atoms with Crippen LogP contribution >= 0.6 is 23.2 Å². The largest absolute Gasteiger partial charge is 0.415 e. The van der Waals surface area contributed by atoms with Gasteiger partial charge >= 0.3 is 6.18 Å². The van der Waals surface area contributed by atoms with Crippen molar-refractivity contribution < 1.29 is 26.7 Å². The zero-order valence-electron chi connectivity index (χ0n) is 9.08. The fraction of sp³-hybridized carbons (Fsp3) is 0.333. The number of hydrogen-bond donors (Lipinski definition) is 2. The van der Waals surface area contributed by atoms with E-state index in [0.29, 0.717) is 0 Å². The predicted octanol–water partition coefficient (Wildman–Crippen LogP) is 2.19. The molecule has 1 rings (SSSR count). The van der Waals surface area contributed by atoms with Gasteiger partial charge in [0.15, 0.2) is 6.10 Å². The molecule has 1 aromatic carbocycles. The summed E-state index contributed by atoms with van der Waals surface area (Å²) in [6.07, 6.45) is -7.69. The first-order valence-electron chi connectivity index (χ1n) is 4.73. The lowest BCUT2D eigenvalue weighted by molar-refractivity contribution is -0.200. The van der Waals surface area contributed by atoms with Gasteiger partial charge in [-0.15, -0.1) is 0 Å². The van der Waals surface area contributed by atoms with E-state index in [1.807, 2.05) is 0 Å². The normalized spacial score (nSPS) is 14.4. The van der Waals surface area contributed by atoms with Crippen LogP contribution in [0.2, 0.25) is 10.0 Å². The first-order valence-corrected chi connectivity index (χ1v) is 6.97. The number of alkyl halides is 3. The van der Waals surface area contributed by atoms with E-state index < -0.39 is 28.8 Å². The van der Waals surface area contributed by atoms with Gasteiger partial charge in [0, 0.05) is 6.54 Å². The summed E-state index contributed by atoms with van der Waals surface area (Å²) >= 11 is 11.2. The van der Waals surface area contributed by atoms with Crippen molar-refractivity contribution in [3.63, 3.8) is 0 Å². The lowest BCUT2D eigenvalue weighted by Gasteiger charge is -2.15. The van der Waals surface area contributed by atoms with Gasteiger partial charge in [0.1, 0.15) is 0 Å². The molecule has 108 valence electrons. The lowest BCUT2D eigenvalue weighted by Crippen LogP contribution is -2.40. The van der Waals surface area contributed by atoms with Gasteiger partial charge in [0.05, 0.1) is 14.9 Å². The van der Waals surface area contributed by atoms with E-state index >= 15 is 0 Å². The van der Waals surface area contributed by atoms with E-state index in [-0.39, 0.29) is 14.9 Å². The summed E-state index contributed by atoms with van der Waals surface area (Å²) in [4.78, 5) is -0.351. The monoisotopic (exact) mass is 337 g/mol. The Morgan fingerprint density at radius 1 is 1.26 bits per heavy atom. The van der Waals surface area contributed by atoms with Crippen LogP contribution in [0.25, 0.3) is 0 Å². The molecule has 0 spiro atoms. The Kier molecular flexibility index (Phi) is 5.08. The number of aliphatic hydroxyl groups excluding tert-OH is 1. The number of aliphatic hydroxyl groups is 1. The van der Waals surface area contributed by atoms with Crippen molar-refractivity contribution in [1.82, 2.24) is 4.72 Å². The molecular formula is C9H8Cl2F3NO3S. The molecule has 0 aliphatic heterocycles. The minimum absolute atomic E-state index is 0.0547. The Morgan fingerprint density at radius 3 is 2.32 bits per heavy atom. The molecule has 1 atom stereocenters. The molecule has 0 amide bonds. The Hall–Kier alpha value is -0.540. The maximum atomic E-state index is 12.0. The summed E-state index contributed by atoms with van der Waals surface area (Å²) in [5.41, 5.74) is 0. The molecule has 0 aliphatic carbocycles. The Labute approximate surface area is 117 Å². The topological polar surface area (TPSA) is 66.4 Å². The van der Waals surface area contributed by atoms with E-state index in [2.05, 4.69) is 0 Å². The average molecular weight is 338 g/mol.